The number of likely N-dealkylation sites (N-methyl/N-ethyl adjacent to an activating group) is 1. The number of amides is 3. The number of hydrogen-bond donors (Lipinski definition) is 1. The molecular formula is C27H31F4N3O5. The minimum atomic E-state index is -1.07. The molecule has 2 atom stereocenters. The van der Waals surface area contributed by atoms with E-state index in [2.05, 4.69) is 5.32 Å². The highest BCUT2D eigenvalue weighted by Gasteiger charge is 2.38. The molecule has 4 rings (SSSR count). The third-order valence-corrected chi connectivity index (χ3v) is 6.34. The molecule has 0 aliphatic carbocycles. The van der Waals surface area contributed by atoms with Crippen LogP contribution in [0.3, 0.4) is 0 Å². The van der Waals surface area contributed by atoms with Crippen molar-refractivity contribution in [2.75, 3.05) is 34.9 Å². The Morgan fingerprint density at radius 3 is 1.97 bits per heavy atom. The lowest BCUT2D eigenvalue weighted by atomic mass is 9.94. The lowest BCUT2D eigenvalue weighted by molar-refractivity contribution is -0.137. The first-order valence-electron chi connectivity index (χ1n) is 11.5. The molecule has 2 aliphatic rings. The van der Waals surface area contributed by atoms with Crippen LogP contribution in [-0.2, 0) is 19.1 Å². The summed E-state index contributed by atoms with van der Waals surface area (Å²) in [7, 11) is 5.71. The predicted octanol–water partition coefficient (Wildman–Crippen LogP) is 4.63. The van der Waals surface area contributed by atoms with Crippen LogP contribution in [0.25, 0.3) is 0 Å². The summed E-state index contributed by atoms with van der Waals surface area (Å²) in [5.41, 5.74) is 1.22. The Bertz CT molecular complexity index is 1270. The Morgan fingerprint density at radius 1 is 0.923 bits per heavy atom. The van der Waals surface area contributed by atoms with Crippen molar-refractivity contribution in [3.8, 4) is 0 Å². The number of halogens is 4. The minimum absolute atomic E-state index is 0. The molecule has 8 nitrogen and oxygen atoms in total. The van der Waals surface area contributed by atoms with Crippen LogP contribution < -0.4 is 5.32 Å². The van der Waals surface area contributed by atoms with Crippen LogP contribution in [-0.4, -0.2) is 62.6 Å². The zero-order valence-corrected chi connectivity index (χ0v) is 21.2. The molecule has 0 radical (unpaired) electrons. The number of nitrogens with one attached hydrogen (secondary N) is 1. The van der Waals surface area contributed by atoms with Gasteiger partial charge >= 0.3 is 12.0 Å². The van der Waals surface area contributed by atoms with Gasteiger partial charge in [0, 0.05) is 27.6 Å². The fourth-order valence-electron chi connectivity index (χ4n) is 4.35. The molecule has 0 spiro atoms. The normalized spacial score (nSPS) is 18.8. The van der Waals surface area contributed by atoms with Gasteiger partial charge in [-0.3, -0.25) is 4.79 Å². The van der Waals surface area contributed by atoms with Crippen LogP contribution in [0.5, 0.6) is 0 Å². The van der Waals surface area contributed by atoms with Crippen LogP contribution in [0.15, 0.2) is 47.7 Å². The number of methoxy groups -OCH3 is 2. The number of esters is 1. The average Bonchev–Trinajstić information content (AvgIpc) is 3.22. The van der Waals surface area contributed by atoms with Crippen molar-refractivity contribution in [3.63, 3.8) is 0 Å². The van der Waals surface area contributed by atoms with Gasteiger partial charge < -0.3 is 24.6 Å². The average molecular weight is 554 g/mol. The van der Waals surface area contributed by atoms with E-state index in [1.165, 1.54) is 38.3 Å². The second kappa shape index (κ2) is 13.2. The number of carbonyl (C=O) groups excluding carboxylic acids is 3. The number of benzene rings is 2. The molecule has 2 aromatic carbocycles. The summed E-state index contributed by atoms with van der Waals surface area (Å²) in [6, 6.07) is 5.45. The van der Waals surface area contributed by atoms with Gasteiger partial charge in [-0.1, -0.05) is 19.6 Å². The molecule has 2 aliphatic heterocycles. The molecule has 1 N–H and O–H groups in total. The molecule has 12 heteroatoms. The molecule has 39 heavy (non-hydrogen) atoms. The second-order valence-electron chi connectivity index (χ2n) is 8.67. The van der Waals surface area contributed by atoms with Gasteiger partial charge in [-0.15, -0.1) is 0 Å². The van der Waals surface area contributed by atoms with Gasteiger partial charge in [-0.25, -0.2) is 27.2 Å². The highest BCUT2D eigenvalue weighted by molar-refractivity contribution is 5.95. The van der Waals surface area contributed by atoms with Gasteiger partial charge in [-0.05, 0) is 41.8 Å². The Morgan fingerprint density at radius 2 is 1.49 bits per heavy atom. The van der Waals surface area contributed by atoms with Gasteiger partial charge in [0.25, 0.3) is 0 Å². The van der Waals surface area contributed by atoms with E-state index < -0.39 is 41.3 Å². The van der Waals surface area contributed by atoms with E-state index in [1.54, 1.807) is 11.9 Å². The minimum Gasteiger partial charge on any atom is -0.466 e. The van der Waals surface area contributed by atoms with E-state index in [4.69, 9.17) is 9.47 Å². The zero-order chi connectivity index (χ0) is 28.1. The summed E-state index contributed by atoms with van der Waals surface area (Å²) < 4.78 is 62.2. The van der Waals surface area contributed by atoms with Gasteiger partial charge in [0.05, 0.1) is 37.1 Å². The fourth-order valence-corrected chi connectivity index (χ4v) is 4.35. The van der Waals surface area contributed by atoms with Crippen LogP contribution >= 0.6 is 0 Å². The van der Waals surface area contributed by atoms with E-state index in [0.29, 0.717) is 18.4 Å². The Hall–Kier alpha value is -3.93. The lowest BCUT2D eigenvalue weighted by Crippen LogP contribution is -2.47. The van der Waals surface area contributed by atoms with Gasteiger partial charge in [0.15, 0.2) is 23.3 Å². The van der Waals surface area contributed by atoms with E-state index in [-0.39, 0.29) is 42.8 Å². The first-order chi connectivity index (χ1) is 18.0. The number of ether oxygens (including phenoxy) is 2. The van der Waals surface area contributed by atoms with Crippen molar-refractivity contribution in [2.24, 2.45) is 0 Å². The largest absolute Gasteiger partial charge is 0.466 e. The number of carbonyl (C=O) groups is 3. The van der Waals surface area contributed by atoms with Crippen molar-refractivity contribution in [3.05, 3.63) is 82.1 Å². The molecule has 2 aromatic rings. The lowest BCUT2D eigenvalue weighted by Gasteiger charge is -2.35. The topological polar surface area (TPSA) is 88.2 Å². The molecule has 0 aromatic heterocycles. The third kappa shape index (κ3) is 6.75. The van der Waals surface area contributed by atoms with Crippen LogP contribution in [0.4, 0.5) is 22.4 Å². The van der Waals surface area contributed by atoms with E-state index in [0.717, 1.165) is 24.3 Å². The maximum Gasteiger partial charge on any atom is 0.338 e. The summed E-state index contributed by atoms with van der Waals surface area (Å²) in [5.74, 6) is -4.45. The molecule has 1 fully saturated rings. The Labute approximate surface area is 224 Å². The monoisotopic (exact) mass is 553 g/mol. The van der Waals surface area contributed by atoms with Gasteiger partial charge in [0.2, 0.25) is 5.91 Å². The van der Waals surface area contributed by atoms with E-state index in [1.807, 2.05) is 0 Å². The van der Waals surface area contributed by atoms with Crippen LogP contribution in [0, 0.1) is 23.3 Å². The Kier molecular flexibility index (Phi) is 10.6. The van der Waals surface area contributed by atoms with Crippen molar-refractivity contribution < 1.29 is 41.4 Å². The molecule has 1 unspecified atom stereocenters. The van der Waals surface area contributed by atoms with Crippen molar-refractivity contribution >= 4 is 17.9 Å². The first kappa shape index (κ1) is 31.3. The predicted molar refractivity (Wildman–Crippen MR) is 134 cm³/mol. The third-order valence-electron chi connectivity index (χ3n) is 6.34. The standard InChI is InChI=1S/C15H16F2N2O4.C11H11F2NO.CH4/c1-19-13(8-4-5-9(16)10(17)6-8)12(14(20)23-3)11(7-22-2)18-15(19)21;1-14-10(4-5-11(14)15)7-2-3-8(12)9(13)6-7;/h4-6,13H,7H2,1-3H3,(H,18,21);2-3,6,10H,4-5H2,1H3;1H4/t;10-;/m.1./s1. The quantitative estimate of drug-likeness (QED) is 0.431. The number of urea groups is 1. The highest BCUT2D eigenvalue weighted by atomic mass is 19.2. The van der Waals surface area contributed by atoms with Crippen LogP contribution in [0.1, 0.15) is 43.5 Å². The number of likely N-dealkylation sites (tertiary alicyclic amines) is 1. The molecule has 3 amide bonds. The smallest absolute Gasteiger partial charge is 0.338 e. The van der Waals surface area contributed by atoms with E-state index in [9.17, 15) is 31.9 Å². The molecule has 0 bridgehead atoms. The molecule has 2 heterocycles. The maximum atomic E-state index is 13.6. The molecule has 1 saturated heterocycles. The summed E-state index contributed by atoms with van der Waals surface area (Å²) in [6.45, 7) is -0.0375. The SMILES string of the molecule is C.CN1C(=O)CC[C@@H]1c1ccc(F)c(F)c1.COCC1=C(C(=O)OC)C(c2ccc(F)c(F)c2)N(C)C(=O)N1. The summed E-state index contributed by atoms with van der Waals surface area (Å²) in [5, 5.41) is 2.53. The zero-order valence-electron chi connectivity index (χ0n) is 21.2. The first-order valence-corrected chi connectivity index (χ1v) is 11.5. The second-order valence-corrected chi connectivity index (χ2v) is 8.67. The maximum absolute atomic E-state index is 13.6. The number of rotatable bonds is 5. The van der Waals surface area contributed by atoms with Crippen LogP contribution in [0.2, 0.25) is 0 Å². The molecule has 0 saturated carbocycles. The fraction of sp³-hybridized carbons (Fsp3) is 0.370. The Balaban J connectivity index is 0.000000289. The number of nitrogens with zero attached hydrogens (tertiary/aromatic N) is 2. The number of hydrogen-bond acceptors (Lipinski definition) is 5. The molecular weight excluding hydrogens is 522 g/mol. The summed E-state index contributed by atoms with van der Waals surface area (Å²) >= 11 is 0. The van der Waals surface area contributed by atoms with Crippen molar-refractivity contribution in [2.45, 2.75) is 32.4 Å². The van der Waals surface area contributed by atoms with Gasteiger partial charge in [0.1, 0.15) is 0 Å². The van der Waals surface area contributed by atoms with Crippen molar-refractivity contribution in [1.82, 2.24) is 15.1 Å². The van der Waals surface area contributed by atoms with Gasteiger partial charge in [-0.2, -0.15) is 0 Å². The van der Waals surface area contributed by atoms with Crippen molar-refractivity contribution in [1.29, 1.82) is 0 Å². The van der Waals surface area contributed by atoms with E-state index >= 15 is 0 Å². The highest BCUT2D eigenvalue weighted by Crippen LogP contribution is 2.34. The summed E-state index contributed by atoms with van der Waals surface area (Å²) in [4.78, 5) is 38.3. The molecule has 212 valence electrons. The summed E-state index contributed by atoms with van der Waals surface area (Å²) in [6.07, 6.45) is 1.14.